The first-order chi connectivity index (χ1) is 9.63. The zero-order valence-electron chi connectivity index (χ0n) is 10.7. The van der Waals surface area contributed by atoms with Crippen molar-refractivity contribution in [2.24, 2.45) is 0 Å². The van der Waals surface area contributed by atoms with Gasteiger partial charge in [-0.3, -0.25) is 9.71 Å². The molecule has 20 heavy (non-hydrogen) atoms. The first kappa shape index (κ1) is 13.5. The Hall–Kier alpha value is -1.44. The molecule has 0 saturated heterocycles. The fourth-order valence-electron chi connectivity index (χ4n) is 1.76. The van der Waals surface area contributed by atoms with E-state index in [0.29, 0.717) is 16.6 Å². The van der Waals surface area contributed by atoms with Gasteiger partial charge in [-0.05, 0) is 31.0 Å². The minimum absolute atomic E-state index is 0.305. The van der Waals surface area contributed by atoms with E-state index in [0.717, 1.165) is 11.4 Å². The van der Waals surface area contributed by atoms with Crippen molar-refractivity contribution < 1.29 is 8.42 Å². The van der Waals surface area contributed by atoms with Gasteiger partial charge in [-0.1, -0.05) is 0 Å². The monoisotopic (exact) mass is 309 g/mol. The molecule has 0 bridgehead atoms. The van der Waals surface area contributed by atoms with E-state index < -0.39 is 10.0 Å². The highest BCUT2D eigenvalue weighted by Crippen LogP contribution is 2.24. The molecule has 7 heteroatoms. The molecule has 0 amide bonds. The van der Waals surface area contributed by atoms with Gasteiger partial charge in [0.15, 0.2) is 0 Å². The van der Waals surface area contributed by atoms with Crippen LogP contribution in [0.15, 0.2) is 40.9 Å². The number of rotatable bonds is 6. The second-order valence-corrected chi connectivity index (χ2v) is 7.43. The lowest BCUT2D eigenvalue weighted by Crippen LogP contribution is -2.14. The minimum Gasteiger partial charge on any atom is -0.309 e. The van der Waals surface area contributed by atoms with E-state index in [-0.39, 0.29) is 0 Å². The van der Waals surface area contributed by atoms with Crippen molar-refractivity contribution in [3.63, 3.8) is 0 Å². The number of pyridine rings is 1. The van der Waals surface area contributed by atoms with Gasteiger partial charge in [0.25, 0.3) is 10.0 Å². The van der Waals surface area contributed by atoms with Crippen molar-refractivity contribution >= 4 is 27.0 Å². The molecular formula is C13H15N3O2S2. The highest BCUT2D eigenvalue weighted by atomic mass is 32.2. The summed E-state index contributed by atoms with van der Waals surface area (Å²) in [6, 6.07) is 5.70. The van der Waals surface area contributed by atoms with Gasteiger partial charge in [-0.2, -0.15) is 0 Å². The molecule has 0 radical (unpaired) electrons. The molecule has 3 rings (SSSR count). The third-order valence-corrected chi connectivity index (χ3v) is 5.44. The van der Waals surface area contributed by atoms with Crippen molar-refractivity contribution in [2.75, 3.05) is 4.72 Å². The SMILES string of the molecule is O=S(=O)(Nc1cccnc1)c1csc(CNC2CC2)c1. The number of thiophene rings is 1. The van der Waals surface area contributed by atoms with Crippen molar-refractivity contribution in [1.82, 2.24) is 10.3 Å². The third-order valence-electron chi connectivity index (χ3n) is 3.00. The second kappa shape index (κ2) is 5.51. The average Bonchev–Trinajstić information content (AvgIpc) is 3.13. The lowest BCUT2D eigenvalue weighted by molar-refractivity contribution is 0.601. The van der Waals surface area contributed by atoms with Crippen LogP contribution >= 0.6 is 11.3 Å². The van der Waals surface area contributed by atoms with E-state index in [1.54, 1.807) is 29.8 Å². The Morgan fingerprint density at radius 1 is 1.40 bits per heavy atom. The molecule has 2 aromatic rings. The maximum atomic E-state index is 12.2. The zero-order valence-corrected chi connectivity index (χ0v) is 12.4. The van der Waals surface area contributed by atoms with Crippen LogP contribution in [0.3, 0.4) is 0 Å². The summed E-state index contributed by atoms with van der Waals surface area (Å²) in [5.74, 6) is 0. The first-order valence-corrected chi connectivity index (χ1v) is 8.73. The molecule has 1 saturated carbocycles. The van der Waals surface area contributed by atoms with Gasteiger partial charge in [-0.25, -0.2) is 8.42 Å². The number of nitrogens with zero attached hydrogens (tertiary/aromatic N) is 1. The molecule has 1 aliphatic carbocycles. The number of hydrogen-bond acceptors (Lipinski definition) is 5. The summed E-state index contributed by atoms with van der Waals surface area (Å²) in [6.45, 7) is 0.734. The lowest BCUT2D eigenvalue weighted by atomic mass is 10.4. The van der Waals surface area contributed by atoms with Crippen LogP contribution in [0, 0.1) is 0 Å². The van der Waals surface area contributed by atoms with Gasteiger partial charge >= 0.3 is 0 Å². The average molecular weight is 309 g/mol. The summed E-state index contributed by atoms with van der Waals surface area (Å²) < 4.78 is 26.9. The molecule has 0 atom stereocenters. The maximum absolute atomic E-state index is 12.2. The van der Waals surface area contributed by atoms with Crippen LogP contribution in [0.25, 0.3) is 0 Å². The van der Waals surface area contributed by atoms with Crippen LogP contribution in [-0.4, -0.2) is 19.4 Å². The first-order valence-electron chi connectivity index (χ1n) is 6.37. The molecule has 0 spiro atoms. The molecule has 0 aliphatic heterocycles. The van der Waals surface area contributed by atoms with Crippen LogP contribution in [0.1, 0.15) is 17.7 Å². The minimum atomic E-state index is -3.52. The van der Waals surface area contributed by atoms with Crippen LogP contribution in [0.2, 0.25) is 0 Å². The van der Waals surface area contributed by atoms with E-state index in [1.165, 1.54) is 30.4 Å². The predicted octanol–water partition coefficient (Wildman–Crippen LogP) is 2.20. The Morgan fingerprint density at radius 3 is 2.95 bits per heavy atom. The van der Waals surface area contributed by atoms with Gasteiger partial charge in [0.05, 0.1) is 16.8 Å². The molecular weight excluding hydrogens is 294 g/mol. The van der Waals surface area contributed by atoms with E-state index in [4.69, 9.17) is 0 Å². The molecule has 2 heterocycles. The lowest BCUT2D eigenvalue weighted by Gasteiger charge is -2.05. The number of hydrogen-bond donors (Lipinski definition) is 2. The Morgan fingerprint density at radius 2 is 2.25 bits per heavy atom. The van der Waals surface area contributed by atoms with Crippen molar-refractivity contribution in [1.29, 1.82) is 0 Å². The van der Waals surface area contributed by atoms with E-state index in [1.807, 2.05) is 0 Å². The summed E-state index contributed by atoms with van der Waals surface area (Å²) in [7, 11) is -3.52. The third kappa shape index (κ3) is 3.36. The zero-order chi connectivity index (χ0) is 14.0. The Bertz CT molecular complexity index is 679. The van der Waals surface area contributed by atoms with E-state index in [2.05, 4.69) is 15.0 Å². The Balaban J connectivity index is 1.70. The van der Waals surface area contributed by atoms with Gasteiger partial charge in [0, 0.05) is 29.0 Å². The van der Waals surface area contributed by atoms with Gasteiger partial charge in [-0.15, -0.1) is 11.3 Å². The maximum Gasteiger partial charge on any atom is 0.262 e. The number of anilines is 1. The van der Waals surface area contributed by atoms with Gasteiger partial charge < -0.3 is 5.32 Å². The normalized spacial score (nSPS) is 15.2. The molecule has 106 valence electrons. The molecule has 1 fully saturated rings. The van der Waals surface area contributed by atoms with Gasteiger partial charge in [0.1, 0.15) is 0 Å². The molecule has 0 unspecified atom stereocenters. The van der Waals surface area contributed by atoms with Crippen molar-refractivity contribution in [3.8, 4) is 0 Å². The molecule has 5 nitrogen and oxygen atoms in total. The van der Waals surface area contributed by atoms with Crippen LogP contribution < -0.4 is 10.0 Å². The predicted molar refractivity (Wildman–Crippen MR) is 79.2 cm³/mol. The van der Waals surface area contributed by atoms with Crippen molar-refractivity contribution in [3.05, 3.63) is 40.8 Å². The number of aromatic nitrogens is 1. The van der Waals surface area contributed by atoms with Crippen LogP contribution in [-0.2, 0) is 16.6 Å². The molecule has 2 aromatic heterocycles. The highest BCUT2D eigenvalue weighted by molar-refractivity contribution is 7.92. The topological polar surface area (TPSA) is 71.1 Å². The van der Waals surface area contributed by atoms with Crippen LogP contribution in [0.5, 0.6) is 0 Å². The smallest absolute Gasteiger partial charge is 0.262 e. The Labute approximate surface area is 122 Å². The largest absolute Gasteiger partial charge is 0.309 e. The highest BCUT2D eigenvalue weighted by Gasteiger charge is 2.21. The quantitative estimate of drug-likeness (QED) is 0.858. The summed E-state index contributed by atoms with van der Waals surface area (Å²) in [5.41, 5.74) is 0.469. The summed E-state index contributed by atoms with van der Waals surface area (Å²) in [6.07, 6.45) is 5.53. The standard InChI is InChI=1S/C13H15N3O2S2/c17-20(18,16-11-2-1-5-14-7-11)13-6-12(19-9-13)8-15-10-3-4-10/h1-2,5-7,9-10,15-16H,3-4,8H2. The van der Waals surface area contributed by atoms with Crippen molar-refractivity contribution in [2.45, 2.75) is 30.3 Å². The Kier molecular flexibility index (Phi) is 3.73. The van der Waals surface area contributed by atoms with E-state index in [9.17, 15) is 8.42 Å². The summed E-state index contributed by atoms with van der Waals surface area (Å²) in [5, 5.41) is 5.04. The number of sulfonamides is 1. The fraction of sp³-hybridized carbons (Fsp3) is 0.308. The summed E-state index contributed by atoms with van der Waals surface area (Å²) >= 11 is 1.46. The summed E-state index contributed by atoms with van der Waals surface area (Å²) in [4.78, 5) is 5.22. The molecule has 1 aliphatic rings. The van der Waals surface area contributed by atoms with Gasteiger partial charge in [0.2, 0.25) is 0 Å². The molecule has 2 N–H and O–H groups in total. The fourth-order valence-corrected chi connectivity index (χ4v) is 4.03. The molecule has 0 aromatic carbocycles. The number of nitrogens with one attached hydrogen (secondary N) is 2. The second-order valence-electron chi connectivity index (χ2n) is 4.75. The van der Waals surface area contributed by atoms with Crippen LogP contribution in [0.4, 0.5) is 5.69 Å². The van der Waals surface area contributed by atoms with E-state index >= 15 is 0 Å².